The van der Waals surface area contributed by atoms with Crippen molar-refractivity contribution < 1.29 is 39.5 Å². The third kappa shape index (κ3) is 6.03. The average molecular weight is 469 g/mol. The molecule has 0 bridgehead atoms. The topological polar surface area (TPSA) is 134 Å². The number of aromatic hydroxyl groups is 2. The van der Waals surface area contributed by atoms with Gasteiger partial charge < -0.3 is 29.9 Å². The maximum atomic E-state index is 12.8. The number of aliphatic hydroxyl groups is 2. The lowest BCUT2D eigenvalue weighted by atomic mass is 9.98. The molecule has 0 aliphatic carbocycles. The summed E-state index contributed by atoms with van der Waals surface area (Å²) in [5, 5.41) is 41.4. The number of aliphatic hydroxyl groups excluding tert-OH is 2. The van der Waals surface area contributed by atoms with E-state index in [9.17, 15) is 30.0 Å². The molecule has 180 valence electrons. The minimum absolute atomic E-state index is 0.0642. The summed E-state index contributed by atoms with van der Waals surface area (Å²) in [4.78, 5) is 25.3. The number of hydrogen-bond donors (Lipinski definition) is 4. The van der Waals surface area contributed by atoms with Crippen molar-refractivity contribution in [2.45, 2.75) is 44.7 Å². The van der Waals surface area contributed by atoms with Gasteiger partial charge in [0.05, 0.1) is 11.7 Å². The zero-order valence-electron chi connectivity index (χ0n) is 18.9. The molecule has 2 unspecified atom stereocenters. The molecule has 0 radical (unpaired) electrons. The molecule has 0 amide bonds. The van der Waals surface area contributed by atoms with Gasteiger partial charge in [-0.3, -0.25) is 0 Å². The lowest BCUT2D eigenvalue weighted by Crippen LogP contribution is -2.39. The number of ether oxygens (including phenoxy) is 2. The zero-order chi connectivity index (χ0) is 24.8. The summed E-state index contributed by atoms with van der Waals surface area (Å²) in [5.74, 6) is -2.51. The summed E-state index contributed by atoms with van der Waals surface area (Å²) < 4.78 is 11.0. The van der Waals surface area contributed by atoms with Crippen LogP contribution in [0.3, 0.4) is 0 Å². The number of phenolic OH excluding ortho intramolecular Hbond substituents is 2. The average Bonchev–Trinajstić information content (AvgIpc) is 2.80. The molecule has 0 spiro atoms. The summed E-state index contributed by atoms with van der Waals surface area (Å²) in [6.07, 6.45) is 1.34. The number of phenols is 2. The van der Waals surface area contributed by atoms with E-state index in [1.54, 1.807) is 50.3 Å². The van der Waals surface area contributed by atoms with Gasteiger partial charge in [-0.05, 0) is 43.2 Å². The van der Waals surface area contributed by atoms with Gasteiger partial charge in [0, 0.05) is 12.0 Å². The van der Waals surface area contributed by atoms with E-state index in [-0.39, 0.29) is 29.2 Å². The van der Waals surface area contributed by atoms with Crippen LogP contribution in [0.4, 0.5) is 0 Å². The largest absolute Gasteiger partial charge is 0.508 e. The molecular weight excluding hydrogens is 440 g/mol. The highest BCUT2D eigenvalue weighted by atomic mass is 16.6. The summed E-state index contributed by atoms with van der Waals surface area (Å²) in [6.45, 7) is 3.42. The van der Waals surface area contributed by atoms with Gasteiger partial charge in [-0.2, -0.15) is 0 Å². The smallest absolute Gasteiger partial charge is 0.342 e. The van der Waals surface area contributed by atoms with Crippen LogP contribution >= 0.6 is 0 Å². The molecule has 1 aliphatic heterocycles. The molecule has 4 N–H and O–H groups in total. The second-order valence-corrected chi connectivity index (χ2v) is 8.22. The SMILES string of the molecule is C[C@@H]1C=CC(OC(=O)c2ccccc2)C(O)[C@@H](O)CC=Cc2cc(O)cc(O)c2C(=O)O[C@H]1C. The molecule has 1 heterocycles. The Morgan fingerprint density at radius 3 is 2.47 bits per heavy atom. The number of carbonyl (C=O) groups is 2. The highest BCUT2D eigenvalue weighted by Gasteiger charge is 2.29. The molecule has 8 nitrogen and oxygen atoms in total. The van der Waals surface area contributed by atoms with E-state index in [2.05, 4.69) is 0 Å². The van der Waals surface area contributed by atoms with E-state index >= 15 is 0 Å². The molecular formula is C26H28O8. The molecule has 2 aromatic rings. The van der Waals surface area contributed by atoms with Crippen molar-refractivity contribution in [2.24, 2.45) is 5.92 Å². The number of fused-ring (bicyclic) bond motifs is 1. The van der Waals surface area contributed by atoms with Crippen molar-refractivity contribution in [1.82, 2.24) is 0 Å². The number of benzene rings is 2. The lowest BCUT2D eigenvalue weighted by Gasteiger charge is -2.25. The third-order valence-electron chi connectivity index (χ3n) is 5.63. The van der Waals surface area contributed by atoms with E-state index in [1.807, 2.05) is 0 Å². The van der Waals surface area contributed by atoms with Crippen molar-refractivity contribution in [1.29, 1.82) is 0 Å². The van der Waals surface area contributed by atoms with Gasteiger partial charge in [0.15, 0.2) is 0 Å². The molecule has 0 aromatic heterocycles. The Morgan fingerprint density at radius 1 is 1.06 bits per heavy atom. The van der Waals surface area contributed by atoms with Gasteiger partial charge in [-0.1, -0.05) is 43.4 Å². The standard InChI is InChI=1S/C26H28O8/c1-15-11-12-22(34-25(31)17-7-4-3-5-8-17)24(30)20(28)10-6-9-18-13-19(27)14-21(29)23(18)26(32)33-16(15)2/h3-9,11-16,20,22,24,27-30H,10H2,1-2H3/t15-,16+,20+,22?,24?/m1/s1. The molecule has 3 rings (SSSR count). The van der Waals surface area contributed by atoms with Crippen LogP contribution in [0.15, 0.2) is 60.7 Å². The fourth-order valence-corrected chi connectivity index (χ4v) is 3.45. The van der Waals surface area contributed by atoms with Crippen LogP contribution < -0.4 is 0 Å². The number of rotatable bonds is 2. The molecule has 34 heavy (non-hydrogen) atoms. The maximum Gasteiger partial charge on any atom is 0.342 e. The van der Waals surface area contributed by atoms with E-state index in [1.165, 1.54) is 24.3 Å². The fraction of sp³-hybridized carbons (Fsp3) is 0.308. The lowest BCUT2D eigenvalue weighted by molar-refractivity contribution is -0.0521. The Hall–Kier alpha value is -3.62. The minimum Gasteiger partial charge on any atom is -0.508 e. The monoisotopic (exact) mass is 468 g/mol. The first-order valence-corrected chi connectivity index (χ1v) is 10.9. The summed E-state index contributed by atoms with van der Waals surface area (Å²) in [7, 11) is 0. The van der Waals surface area contributed by atoms with Crippen LogP contribution in [0.2, 0.25) is 0 Å². The van der Waals surface area contributed by atoms with E-state index in [0.29, 0.717) is 5.56 Å². The normalized spacial score (nSPS) is 25.6. The van der Waals surface area contributed by atoms with Crippen LogP contribution in [0, 0.1) is 5.92 Å². The zero-order valence-corrected chi connectivity index (χ0v) is 18.9. The fourth-order valence-electron chi connectivity index (χ4n) is 3.45. The van der Waals surface area contributed by atoms with Gasteiger partial charge in [-0.15, -0.1) is 0 Å². The second kappa shape index (κ2) is 11.0. The van der Waals surface area contributed by atoms with Crippen LogP contribution in [0.5, 0.6) is 11.5 Å². The van der Waals surface area contributed by atoms with Gasteiger partial charge in [-0.25, -0.2) is 9.59 Å². The molecule has 0 saturated heterocycles. The van der Waals surface area contributed by atoms with E-state index in [4.69, 9.17) is 9.47 Å². The summed E-state index contributed by atoms with van der Waals surface area (Å²) >= 11 is 0. The number of carbonyl (C=O) groups excluding carboxylic acids is 2. The van der Waals surface area contributed by atoms with Crippen molar-refractivity contribution in [3.8, 4) is 11.5 Å². The first-order valence-electron chi connectivity index (χ1n) is 10.9. The summed E-state index contributed by atoms with van der Waals surface area (Å²) in [6, 6.07) is 10.6. The number of cyclic esters (lactones) is 1. The van der Waals surface area contributed by atoms with Gasteiger partial charge >= 0.3 is 11.9 Å². The Bertz CT molecular complexity index is 1080. The molecule has 8 heteroatoms. The van der Waals surface area contributed by atoms with Crippen molar-refractivity contribution in [3.05, 3.63) is 77.4 Å². The van der Waals surface area contributed by atoms with Crippen LogP contribution in [-0.2, 0) is 9.47 Å². The predicted octanol–water partition coefficient (Wildman–Crippen LogP) is 3.20. The quantitative estimate of drug-likeness (QED) is 0.390. The maximum absolute atomic E-state index is 12.8. The number of esters is 2. The second-order valence-electron chi connectivity index (χ2n) is 8.22. The molecule has 0 fully saturated rings. The Morgan fingerprint density at radius 2 is 1.76 bits per heavy atom. The number of hydrogen-bond acceptors (Lipinski definition) is 8. The van der Waals surface area contributed by atoms with Crippen LogP contribution in [0.25, 0.3) is 6.08 Å². The molecule has 2 aromatic carbocycles. The molecule has 5 atom stereocenters. The molecule has 1 aliphatic rings. The minimum atomic E-state index is -1.45. The first kappa shape index (κ1) is 25.0. The van der Waals surface area contributed by atoms with E-state index < -0.39 is 42.1 Å². The van der Waals surface area contributed by atoms with Gasteiger partial charge in [0.25, 0.3) is 0 Å². The summed E-state index contributed by atoms with van der Waals surface area (Å²) in [5.41, 5.74) is 0.353. The van der Waals surface area contributed by atoms with Gasteiger partial charge in [0.1, 0.15) is 35.4 Å². The van der Waals surface area contributed by atoms with Gasteiger partial charge in [0.2, 0.25) is 0 Å². The Labute approximate surface area is 197 Å². The van der Waals surface area contributed by atoms with Crippen molar-refractivity contribution in [3.63, 3.8) is 0 Å². The van der Waals surface area contributed by atoms with Crippen LogP contribution in [0.1, 0.15) is 46.5 Å². The third-order valence-corrected chi connectivity index (χ3v) is 5.63. The highest BCUT2D eigenvalue weighted by molar-refractivity contribution is 5.97. The Balaban J connectivity index is 1.93. The highest BCUT2D eigenvalue weighted by Crippen LogP contribution is 2.30. The predicted molar refractivity (Wildman–Crippen MR) is 124 cm³/mol. The van der Waals surface area contributed by atoms with E-state index in [0.717, 1.165) is 6.07 Å². The van der Waals surface area contributed by atoms with Crippen molar-refractivity contribution in [2.75, 3.05) is 0 Å². The molecule has 0 saturated carbocycles. The first-order chi connectivity index (χ1) is 16.2. The van der Waals surface area contributed by atoms with Crippen LogP contribution in [-0.4, -0.2) is 56.8 Å². The Kier molecular flexibility index (Phi) is 8.09. The van der Waals surface area contributed by atoms with Crippen molar-refractivity contribution >= 4 is 18.0 Å².